The Labute approximate surface area is 200 Å². The average Bonchev–Trinajstić information content (AvgIpc) is 3.08. The van der Waals surface area contributed by atoms with E-state index in [1.807, 2.05) is 42.5 Å². The molecule has 4 rings (SSSR count). The lowest BCUT2D eigenvalue weighted by Gasteiger charge is -2.13. The Balaban J connectivity index is 1.45. The molecule has 0 bridgehead atoms. The molecule has 0 aromatic heterocycles. The molecule has 0 aliphatic carbocycles. The van der Waals surface area contributed by atoms with Crippen molar-refractivity contribution in [2.45, 2.75) is 6.61 Å². The highest BCUT2D eigenvalue weighted by Crippen LogP contribution is 2.34. The van der Waals surface area contributed by atoms with Crippen molar-refractivity contribution in [3.63, 3.8) is 0 Å². The van der Waals surface area contributed by atoms with Gasteiger partial charge in [-0.05, 0) is 41.6 Å². The van der Waals surface area contributed by atoms with Gasteiger partial charge in [-0.1, -0.05) is 72.3 Å². The van der Waals surface area contributed by atoms with Gasteiger partial charge in [-0.25, -0.2) is 0 Å². The highest BCUT2D eigenvalue weighted by atomic mass is 35.5. The zero-order chi connectivity index (χ0) is 23.2. The van der Waals surface area contributed by atoms with Gasteiger partial charge in [0.15, 0.2) is 0 Å². The van der Waals surface area contributed by atoms with E-state index in [4.69, 9.17) is 16.3 Å². The molecule has 1 heterocycles. The Hall–Kier alpha value is -3.55. The van der Waals surface area contributed by atoms with Crippen LogP contribution in [0.2, 0.25) is 5.02 Å². The molecule has 6 nitrogen and oxygen atoms in total. The Morgan fingerprint density at radius 1 is 0.970 bits per heavy atom. The summed E-state index contributed by atoms with van der Waals surface area (Å²) in [7, 11) is 0. The van der Waals surface area contributed by atoms with Gasteiger partial charge in [0.05, 0.1) is 15.6 Å². The molecular weight excluding hydrogens is 460 g/mol. The molecule has 3 aromatic carbocycles. The first-order valence-corrected chi connectivity index (χ1v) is 11.3. The number of hydrogen-bond acceptors (Lipinski definition) is 5. The molecule has 1 aliphatic heterocycles. The van der Waals surface area contributed by atoms with Gasteiger partial charge in [0, 0.05) is 5.56 Å². The van der Waals surface area contributed by atoms with Crippen LogP contribution in [0.4, 0.5) is 10.5 Å². The van der Waals surface area contributed by atoms with Gasteiger partial charge in [-0.15, -0.1) is 0 Å². The Kier molecular flexibility index (Phi) is 7.12. The molecule has 1 aliphatic rings. The maximum absolute atomic E-state index is 12.8. The minimum Gasteiger partial charge on any atom is -0.488 e. The Morgan fingerprint density at radius 2 is 1.67 bits per heavy atom. The summed E-state index contributed by atoms with van der Waals surface area (Å²) in [6.07, 6.45) is 1.61. The number of nitrogens with zero attached hydrogens (tertiary/aromatic N) is 1. The lowest BCUT2D eigenvalue weighted by Crippen LogP contribution is -2.36. The monoisotopic (exact) mass is 478 g/mol. The largest absolute Gasteiger partial charge is 0.488 e. The van der Waals surface area contributed by atoms with E-state index < -0.39 is 23.6 Å². The number of thioether (sulfide) groups is 1. The standard InChI is InChI=1S/C25H19ClN2O4S/c26-19-11-5-6-12-20(19)27-23(29)15-28-24(30)22(33-25(28)31)14-18-10-4-7-13-21(18)32-16-17-8-2-1-3-9-17/h1-14H,15-16H2,(H,27,29)/b22-14+. The molecule has 3 amide bonds. The predicted octanol–water partition coefficient (Wildman–Crippen LogP) is 5.59. The van der Waals surface area contributed by atoms with Crippen molar-refractivity contribution in [1.82, 2.24) is 4.90 Å². The topological polar surface area (TPSA) is 75.7 Å². The third kappa shape index (κ3) is 5.63. The molecule has 0 radical (unpaired) electrons. The Bertz CT molecular complexity index is 1230. The first-order valence-electron chi connectivity index (χ1n) is 10.1. The maximum atomic E-state index is 12.8. The third-order valence-electron chi connectivity index (χ3n) is 4.77. The van der Waals surface area contributed by atoms with E-state index >= 15 is 0 Å². The summed E-state index contributed by atoms with van der Waals surface area (Å²) in [4.78, 5) is 38.8. The predicted molar refractivity (Wildman–Crippen MR) is 130 cm³/mol. The molecule has 0 saturated carbocycles. The number of anilines is 1. The molecule has 1 saturated heterocycles. The van der Waals surface area contributed by atoms with Gasteiger partial charge >= 0.3 is 0 Å². The van der Waals surface area contributed by atoms with Crippen LogP contribution in [0, 0.1) is 0 Å². The second-order valence-electron chi connectivity index (χ2n) is 7.11. The van der Waals surface area contributed by atoms with Gasteiger partial charge in [-0.2, -0.15) is 0 Å². The SMILES string of the molecule is O=C(CN1C(=O)S/C(=C/c2ccccc2OCc2ccccc2)C1=O)Nc1ccccc1Cl. The van der Waals surface area contributed by atoms with E-state index in [0.29, 0.717) is 28.6 Å². The van der Waals surface area contributed by atoms with Crippen LogP contribution in [-0.2, 0) is 16.2 Å². The van der Waals surface area contributed by atoms with Gasteiger partial charge in [-0.3, -0.25) is 19.3 Å². The molecule has 1 N–H and O–H groups in total. The van der Waals surface area contributed by atoms with Crippen molar-refractivity contribution < 1.29 is 19.1 Å². The van der Waals surface area contributed by atoms with Gasteiger partial charge < -0.3 is 10.1 Å². The number of ether oxygens (including phenoxy) is 1. The van der Waals surface area contributed by atoms with Crippen LogP contribution in [0.3, 0.4) is 0 Å². The van der Waals surface area contributed by atoms with E-state index in [2.05, 4.69) is 5.32 Å². The summed E-state index contributed by atoms with van der Waals surface area (Å²) < 4.78 is 5.92. The molecule has 166 valence electrons. The van der Waals surface area contributed by atoms with Crippen molar-refractivity contribution >= 4 is 52.2 Å². The van der Waals surface area contributed by atoms with Crippen LogP contribution in [0.1, 0.15) is 11.1 Å². The highest BCUT2D eigenvalue weighted by Gasteiger charge is 2.36. The average molecular weight is 479 g/mol. The quantitative estimate of drug-likeness (QED) is 0.448. The van der Waals surface area contributed by atoms with Crippen molar-refractivity contribution in [2.75, 3.05) is 11.9 Å². The number of hydrogen-bond donors (Lipinski definition) is 1. The summed E-state index contributed by atoms with van der Waals surface area (Å²) in [6.45, 7) is -0.0330. The number of rotatable bonds is 7. The van der Waals surface area contributed by atoms with E-state index in [1.54, 1.807) is 42.5 Å². The van der Waals surface area contributed by atoms with Crippen molar-refractivity contribution in [1.29, 1.82) is 0 Å². The van der Waals surface area contributed by atoms with Crippen molar-refractivity contribution in [3.05, 3.63) is 99.9 Å². The van der Waals surface area contributed by atoms with Crippen molar-refractivity contribution in [3.8, 4) is 5.75 Å². The first-order chi connectivity index (χ1) is 16.0. The number of carbonyl (C=O) groups excluding carboxylic acids is 3. The molecule has 8 heteroatoms. The molecule has 3 aromatic rings. The molecule has 0 unspecified atom stereocenters. The van der Waals surface area contributed by atoms with E-state index in [0.717, 1.165) is 22.2 Å². The lowest BCUT2D eigenvalue weighted by molar-refractivity contribution is -0.127. The number of amides is 3. The third-order valence-corrected chi connectivity index (χ3v) is 6.00. The van der Waals surface area contributed by atoms with Gasteiger partial charge in [0.2, 0.25) is 5.91 Å². The first kappa shape index (κ1) is 22.6. The molecule has 33 heavy (non-hydrogen) atoms. The van der Waals surface area contributed by atoms with E-state index in [9.17, 15) is 14.4 Å². The van der Waals surface area contributed by atoms with Crippen LogP contribution in [-0.4, -0.2) is 28.5 Å². The fourth-order valence-electron chi connectivity index (χ4n) is 3.14. The smallest absolute Gasteiger partial charge is 0.294 e. The lowest BCUT2D eigenvalue weighted by atomic mass is 10.1. The fraction of sp³-hybridized carbons (Fsp3) is 0.0800. The van der Waals surface area contributed by atoms with Crippen LogP contribution in [0.15, 0.2) is 83.8 Å². The summed E-state index contributed by atoms with van der Waals surface area (Å²) in [5.41, 5.74) is 2.09. The van der Waals surface area contributed by atoms with E-state index in [-0.39, 0.29) is 4.91 Å². The minimum absolute atomic E-state index is 0.223. The van der Waals surface area contributed by atoms with Crippen LogP contribution < -0.4 is 10.1 Å². The van der Waals surface area contributed by atoms with Crippen LogP contribution in [0.5, 0.6) is 5.75 Å². The second kappa shape index (κ2) is 10.4. The summed E-state index contributed by atoms with van der Waals surface area (Å²) in [6, 6.07) is 23.7. The number of para-hydroxylation sites is 2. The molecular formula is C25H19ClN2O4S. The Morgan fingerprint density at radius 3 is 2.45 bits per heavy atom. The zero-order valence-electron chi connectivity index (χ0n) is 17.4. The number of carbonyl (C=O) groups is 3. The minimum atomic E-state index is -0.530. The molecule has 1 fully saturated rings. The second-order valence-corrected chi connectivity index (χ2v) is 8.51. The normalized spacial score (nSPS) is 14.6. The highest BCUT2D eigenvalue weighted by molar-refractivity contribution is 8.18. The van der Waals surface area contributed by atoms with E-state index in [1.165, 1.54) is 0 Å². The summed E-state index contributed by atoms with van der Waals surface area (Å²) in [5, 5.41) is 2.48. The zero-order valence-corrected chi connectivity index (χ0v) is 18.9. The molecule has 0 atom stereocenters. The van der Waals surface area contributed by atoms with Crippen molar-refractivity contribution in [2.24, 2.45) is 0 Å². The summed E-state index contributed by atoms with van der Waals surface area (Å²) in [5.74, 6) is -0.458. The van der Waals surface area contributed by atoms with Crippen LogP contribution >= 0.6 is 23.4 Å². The number of halogens is 1. The fourth-order valence-corrected chi connectivity index (χ4v) is 4.15. The molecule has 0 spiro atoms. The number of benzene rings is 3. The van der Waals surface area contributed by atoms with Gasteiger partial charge in [0.1, 0.15) is 18.9 Å². The maximum Gasteiger partial charge on any atom is 0.294 e. The van der Waals surface area contributed by atoms with Gasteiger partial charge in [0.25, 0.3) is 11.1 Å². The number of imide groups is 1. The summed E-state index contributed by atoms with van der Waals surface area (Å²) >= 11 is 6.84. The number of nitrogens with one attached hydrogen (secondary N) is 1. The van der Waals surface area contributed by atoms with Crippen LogP contribution in [0.25, 0.3) is 6.08 Å².